The molecule has 0 aromatic carbocycles. The number of nitrogens with one attached hydrogen (secondary N) is 1. The molecule has 1 saturated carbocycles. The monoisotopic (exact) mass is 376 g/mol. The molecule has 1 aliphatic heterocycles. The third kappa shape index (κ3) is 4.92. The first-order valence-corrected chi connectivity index (χ1v) is 9.62. The van der Waals surface area contributed by atoms with Gasteiger partial charge in [0, 0.05) is 24.7 Å². The lowest BCUT2D eigenvalue weighted by Crippen LogP contribution is -2.70. The van der Waals surface area contributed by atoms with Crippen molar-refractivity contribution in [3.8, 4) is 0 Å². The number of aliphatic hydroxyl groups excluding tert-OH is 4. The molecule has 1 aliphatic carbocycles. The number of unbranched alkanes of at least 4 members (excludes halogenated alkanes) is 1. The van der Waals surface area contributed by atoms with Crippen LogP contribution in [0.25, 0.3) is 0 Å². The van der Waals surface area contributed by atoms with Gasteiger partial charge in [0.15, 0.2) is 0 Å². The van der Waals surface area contributed by atoms with Crippen LogP contribution >= 0.6 is 0 Å². The minimum absolute atomic E-state index is 0.0579. The molecule has 9 nitrogen and oxygen atoms in total. The third-order valence-electron chi connectivity index (χ3n) is 5.84. The molecule has 2 rings (SSSR count). The van der Waals surface area contributed by atoms with Gasteiger partial charge in [-0.2, -0.15) is 0 Å². The first-order chi connectivity index (χ1) is 12.3. The van der Waals surface area contributed by atoms with E-state index in [-0.39, 0.29) is 25.5 Å². The van der Waals surface area contributed by atoms with Gasteiger partial charge < -0.3 is 47.7 Å². The first kappa shape index (κ1) is 21.9. The van der Waals surface area contributed by atoms with Gasteiger partial charge >= 0.3 is 0 Å². The largest absolute Gasteiger partial charge is 0.390 e. The Morgan fingerprint density at radius 2 is 1.88 bits per heavy atom. The van der Waals surface area contributed by atoms with Crippen LogP contribution in [0.1, 0.15) is 38.5 Å². The maximum atomic E-state index is 10.7. The van der Waals surface area contributed by atoms with Crippen molar-refractivity contribution in [2.24, 2.45) is 17.2 Å². The van der Waals surface area contributed by atoms with Crippen LogP contribution in [0.3, 0.4) is 0 Å². The van der Waals surface area contributed by atoms with Gasteiger partial charge in [-0.3, -0.25) is 0 Å². The van der Waals surface area contributed by atoms with Gasteiger partial charge in [0.2, 0.25) is 0 Å². The molecule has 1 spiro atoms. The number of hydrogen-bond donors (Lipinski definition) is 8. The number of aliphatic hydroxyl groups is 4. The van der Waals surface area contributed by atoms with Gasteiger partial charge in [0.05, 0.1) is 18.8 Å². The van der Waals surface area contributed by atoms with Crippen LogP contribution in [0.5, 0.6) is 0 Å². The zero-order valence-electron chi connectivity index (χ0n) is 15.3. The Balaban J connectivity index is 1.93. The van der Waals surface area contributed by atoms with E-state index in [0.717, 1.165) is 19.3 Å². The van der Waals surface area contributed by atoms with E-state index in [1.807, 2.05) is 0 Å². The van der Waals surface area contributed by atoms with E-state index in [1.54, 1.807) is 0 Å². The van der Waals surface area contributed by atoms with E-state index in [1.165, 1.54) is 0 Å². The summed E-state index contributed by atoms with van der Waals surface area (Å²) in [7, 11) is 0. The van der Waals surface area contributed by atoms with Gasteiger partial charge in [0.25, 0.3) is 0 Å². The first-order valence-electron chi connectivity index (χ1n) is 9.62. The summed E-state index contributed by atoms with van der Waals surface area (Å²) in [4.78, 5) is 0. The second-order valence-electron chi connectivity index (χ2n) is 7.78. The van der Waals surface area contributed by atoms with E-state index in [9.17, 15) is 20.4 Å². The molecule has 0 bridgehead atoms. The molecular formula is C17H36N4O5. The number of nitrogens with two attached hydrogens (primary N) is 3. The highest BCUT2D eigenvalue weighted by atomic mass is 16.5. The summed E-state index contributed by atoms with van der Waals surface area (Å²) in [5, 5.41) is 44.2. The Kier molecular flexibility index (Phi) is 8.20. The smallest absolute Gasteiger partial charge is 0.112 e. The molecule has 2 aliphatic rings. The molecule has 0 amide bonds. The van der Waals surface area contributed by atoms with Crippen molar-refractivity contribution in [1.29, 1.82) is 0 Å². The van der Waals surface area contributed by atoms with Crippen molar-refractivity contribution in [2.45, 2.75) is 86.7 Å². The summed E-state index contributed by atoms with van der Waals surface area (Å²) in [5.74, 6) is 0. The lowest BCUT2D eigenvalue weighted by molar-refractivity contribution is -0.202. The fourth-order valence-electron chi connectivity index (χ4n) is 4.02. The molecule has 2 fully saturated rings. The average Bonchev–Trinajstić information content (AvgIpc) is 2.77. The summed E-state index contributed by atoms with van der Waals surface area (Å²) in [5.41, 5.74) is 16.7. The lowest BCUT2D eigenvalue weighted by atomic mass is 9.71. The molecule has 26 heavy (non-hydrogen) atoms. The molecule has 8 atom stereocenters. The second kappa shape index (κ2) is 9.72. The predicted octanol–water partition coefficient (Wildman–Crippen LogP) is -2.88. The third-order valence-corrected chi connectivity index (χ3v) is 5.84. The van der Waals surface area contributed by atoms with Gasteiger partial charge in [-0.15, -0.1) is 0 Å². The van der Waals surface area contributed by atoms with E-state index in [4.69, 9.17) is 21.9 Å². The number of hydrogen-bond acceptors (Lipinski definition) is 9. The summed E-state index contributed by atoms with van der Waals surface area (Å²) >= 11 is 0. The van der Waals surface area contributed by atoms with Crippen LogP contribution in [-0.2, 0) is 4.74 Å². The van der Waals surface area contributed by atoms with E-state index < -0.39 is 42.1 Å². The SMILES string of the molecule is NCCCC[C@H](N)CN[C@@H]1C[C@H](N)[C@@]2(CC[C@H](O)[C@H](O)CO2)[C@H](O)[C@H]1O. The minimum Gasteiger partial charge on any atom is -0.390 e. The van der Waals surface area contributed by atoms with E-state index >= 15 is 0 Å². The maximum Gasteiger partial charge on any atom is 0.112 e. The second-order valence-corrected chi connectivity index (χ2v) is 7.78. The molecule has 1 heterocycles. The van der Waals surface area contributed by atoms with Crippen LogP contribution in [0.4, 0.5) is 0 Å². The van der Waals surface area contributed by atoms with Crippen molar-refractivity contribution in [1.82, 2.24) is 5.32 Å². The molecule has 1 saturated heterocycles. The molecule has 0 aromatic heterocycles. The van der Waals surface area contributed by atoms with Crippen LogP contribution in [-0.4, -0.2) is 88.3 Å². The normalized spacial score (nSPS) is 42.6. The average molecular weight is 376 g/mol. The van der Waals surface area contributed by atoms with Crippen molar-refractivity contribution in [3.05, 3.63) is 0 Å². The molecule has 0 unspecified atom stereocenters. The van der Waals surface area contributed by atoms with Crippen LogP contribution in [0, 0.1) is 0 Å². The van der Waals surface area contributed by atoms with Gasteiger partial charge in [-0.1, -0.05) is 6.42 Å². The Morgan fingerprint density at radius 3 is 2.58 bits per heavy atom. The zero-order chi connectivity index (χ0) is 19.3. The predicted molar refractivity (Wildman–Crippen MR) is 97.2 cm³/mol. The van der Waals surface area contributed by atoms with Gasteiger partial charge in [-0.25, -0.2) is 0 Å². The Bertz CT molecular complexity index is 418. The Labute approximate surface area is 154 Å². The standard InChI is InChI=1S/C17H36N4O5/c18-6-2-1-3-10(19)8-21-11-7-14(20)17(16(25)15(11)24)5-4-12(22)13(23)9-26-17/h10-16,21-25H,1-9,18-20H2/t10-,11+,12-,13+,14-,15-,16+,17-/m0/s1. The fourth-order valence-corrected chi connectivity index (χ4v) is 4.02. The highest BCUT2D eigenvalue weighted by molar-refractivity contribution is 5.10. The maximum absolute atomic E-state index is 10.7. The molecule has 0 radical (unpaired) electrons. The fraction of sp³-hybridized carbons (Fsp3) is 1.00. The van der Waals surface area contributed by atoms with Gasteiger partial charge in [-0.05, 0) is 38.6 Å². The molecule has 11 N–H and O–H groups in total. The summed E-state index contributed by atoms with van der Waals surface area (Å²) < 4.78 is 5.74. The molecule has 9 heteroatoms. The summed E-state index contributed by atoms with van der Waals surface area (Å²) in [6, 6.07) is -0.991. The van der Waals surface area contributed by atoms with E-state index in [2.05, 4.69) is 5.32 Å². The Morgan fingerprint density at radius 1 is 1.15 bits per heavy atom. The highest BCUT2D eigenvalue weighted by Gasteiger charge is 2.55. The molecule has 0 aromatic rings. The van der Waals surface area contributed by atoms with Gasteiger partial charge in [0.1, 0.15) is 17.8 Å². The van der Waals surface area contributed by atoms with Crippen LogP contribution in [0.15, 0.2) is 0 Å². The minimum atomic E-state index is -1.21. The van der Waals surface area contributed by atoms with Crippen molar-refractivity contribution >= 4 is 0 Å². The molecule has 154 valence electrons. The summed E-state index contributed by atoms with van der Waals surface area (Å²) in [6.45, 7) is 1.04. The van der Waals surface area contributed by atoms with Crippen LogP contribution in [0.2, 0.25) is 0 Å². The topological polar surface area (TPSA) is 180 Å². The quantitative estimate of drug-likeness (QED) is 0.217. The van der Waals surface area contributed by atoms with Crippen molar-refractivity contribution in [3.63, 3.8) is 0 Å². The van der Waals surface area contributed by atoms with Crippen molar-refractivity contribution < 1.29 is 25.2 Å². The number of ether oxygens (including phenoxy) is 1. The Hall–Kier alpha value is -0.360. The van der Waals surface area contributed by atoms with Crippen molar-refractivity contribution in [2.75, 3.05) is 19.7 Å². The lowest BCUT2D eigenvalue weighted by Gasteiger charge is -2.50. The van der Waals surface area contributed by atoms with Crippen LogP contribution < -0.4 is 22.5 Å². The summed E-state index contributed by atoms with van der Waals surface area (Å²) in [6.07, 6.45) is -0.574. The highest BCUT2D eigenvalue weighted by Crippen LogP contribution is 2.38. The number of rotatable bonds is 7. The molecular weight excluding hydrogens is 340 g/mol. The van der Waals surface area contributed by atoms with E-state index in [0.29, 0.717) is 19.5 Å². The zero-order valence-corrected chi connectivity index (χ0v) is 15.3.